The van der Waals surface area contributed by atoms with Gasteiger partial charge in [0.05, 0.1) is 5.54 Å². The summed E-state index contributed by atoms with van der Waals surface area (Å²) < 4.78 is 5.01. The molecule has 1 aromatic rings. The van der Waals surface area contributed by atoms with Crippen LogP contribution < -0.4 is 5.32 Å². The number of rotatable bonds is 4. The molecule has 0 spiro atoms. The Labute approximate surface area is 99.8 Å². The minimum atomic E-state index is -0.273. The molecule has 3 nitrogen and oxygen atoms in total. The van der Waals surface area contributed by atoms with Crippen molar-refractivity contribution >= 4 is 17.4 Å². The van der Waals surface area contributed by atoms with Crippen molar-refractivity contribution in [2.45, 2.75) is 38.6 Å². The van der Waals surface area contributed by atoms with Gasteiger partial charge in [-0.1, -0.05) is 6.92 Å². The zero-order valence-electron chi connectivity index (χ0n) is 9.71. The largest absolute Gasteiger partial charge is 0.447 e. The van der Waals surface area contributed by atoms with Crippen LogP contribution in [0.4, 0.5) is 4.79 Å². The molecule has 2 heterocycles. The molecule has 88 valence electrons. The standard InChI is InChI=1S/C12H17NO2S/c1-3-12(8-15-11(14)13-12)6-4-10-9(2)5-7-16-10/h5,7H,3-4,6,8H2,1-2H3,(H,13,14). The number of hydrogen-bond donors (Lipinski definition) is 1. The molecule has 0 radical (unpaired) electrons. The Morgan fingerprint density at radius 1 is 1.62 bits per heavy atom. The van der Waals surface area contributed by atoms with Crippen molar-refractivity contribution in [2.24, 2.45) is 0 Å². The van der Waals surface area contributed by atoms with Gasteiger partial charge >= 0.3 is 6.09 Å². The molecule has 1 atom stereocenters. The lowest BCUT2D eigenvalue weighted by Crippen LogP contribution is -2.43. The molecule has 16 heavy (non-hydrogen) atoms. The number of hydrogen-bond acceptors (Lipinski definition) is 3. The van der Waals surface area contributed by atoms with Gasteiger partial charge in [-0.25, -0.2) is 4.79 Å². The fourth-order valence-electron chi connectivity index (χ4n) is 2.01. The molecule has 0 saturated carbocycles. The van der Waals surface area contributed by atoms with Gasteiger partial charge in [0.1, 0.15) is 6.61 Å². The van der Waals surface area contributed by atoms with Crippen molar-refractivity contribution in [2.75, 3.05) is 6.61 Å². The van der Waals surface area contributed by atoms with Crippen LogP contribution in [0.5, 0.6) is 0 Å². The van der Waals surface area contributed by atoms with Gasteiger partial charge in [-0.3, -0.25) is 0 Å². The lowest BCUT2D eigenvalue weighted by molar-refractivity contribution is 0.170. The second-order valence-corrected chi connectivity index (χ2v) is 5.36. The predicted octanol–water partition coefficient (Wildman–Crippen LogP) is 2.88. The number of carbonyl (C=O) groups is 1. The second kappa shape index (κ2) is 4.45. The molecule has 1 aromatic heterocycles. The van der Waals surface area contributed by atoms with E-state index in [0.717, 1.165) is 19.3 Å². The first kappa shape index (κ1) is 11.5. The fourth-order valence-corrected chi connectivity index (χ4v) is 2.92. The summed E-state index contributed by atoms with van der Waals surface area (Å²) in [6, 6.07) is 2.14. The number of amides is 1. The average Bonchev–Trinajstić information content (AvgIpc) is 2.83. The van der Waals surface area contributed by atoms with Crippen LogP contribution in [0.3, 0.4) is 0 Å². The molecule has 1 aliphatic rings. The van der Waals surface area contributed by atoms with E-state index < -0.39 is 0 Å². The van der Waals surface area contributed by atoms with Gasteiger partial charge in [0.15, 0.2) is 0 Å². The van der Waals surface area contributed by atoms with Gasteiger partial charge in [0, 0.05) is 4.88 Å². The monoisotopic (exact) mass is 239 g/mol. The van der Waals surface area contributed by atoms with Crippen LogP contribution in [0.1, 0.15) is 30.2 Å². The highest BCUT2D eigenvalue weighted by molar-refractivity contribution is 7.10. The quantitative estimate of drug-likeness (QED) is 0.877. The predicted molar refractivity (Wildman–Crippen MR) is 64.9 cm³/mol. The van der Waals surface area contributed by atoms with Crippen molar-refractivity contribution in [3.8, 4) is 0 Å². The van der Waals surface area contributed by atoms with Crippen LogP contribution >= 0.6 is 11.3 Å². The zero-order valence-corrected chi connectivity index (χ0v) is 10.5. The molecule has 1 fully saturated rings. The summed E-state index contributed by atoms with van der Waals surface area (Å²) in [7, 11) is 0. The first-order chi connectivity index (χ1) is 7.65. The molecular weight excluding hydrogens is 222 g/mol. The summed E-state index contributed by atoms with van der Waals surface area (Å²) in [6.07, 6.45) is 2.62. The lowest BCUT2D eigenvalue weighted by atomic mass is 9.91. The Bertz CT molecular complexity index is 388. The average molecular weight is 239 g/mol. The maximum absolute atomic E-state index is 11.1. The van der Waals surface area contributed by atoms with Crippen LogP contribution in [0, 0.1) is 6.92 Å². The molecule has 0 bridgehead atoms. The van der Waals surface area contributed by atoms with Crippen molar-refractivity contribution in [3.63, 3.8) is 0 Å². The molecule has 1 amide bonds. The summed E-state index contributed by atoms with van der Waals surface area (Å²) >= 11 is 1.79. The molecule has 4 heteroatoms. The highest BCUT2D eigenvalue weighted by Crippen LogP contribution is 2.26. The summed E-state index contributed by atoms with van der Waals surface area (Å²) in [5, 5.41) is 5.06. The Hall–Kier alpha value is -1.03. The van der Waals surface area contributed by atoms with Gasteiger partial charge in [-0.05, 0) is 43.2 Å². The van der Waals surface area contributed by atoms with Crippen molar-refractivity contribution < 1.29 is 9.53 Å². The normalized spacial score (nSPS) is 24.2. The van der Waals surface area contributed by atoms with E-state index in [1.54, 1.807) is 11.3 Å². The molecule has 0 aromatic carbocycles. The van der Waals surface area contributed by atoms with Crippen LogP contribution in [0.25, 0.3) is 0 Å². The molecular formula is C12H17NO2S. The van der Waals surface area contributed by atoms with E-state index >= 15 is 0 Å². The fraction of sp³-hybridized carbons (Fsp3) is 0.583. The summed E-state index contributed by atoms with van der Waals surface area (Å²) in [5.41, 5.74) is 1.20. The smallest absolute Gasteiger partial charge is 0.407 e. The van der Waals surface area contributed by atoms with Gasteiger partial charge in [-0.15, -0.1) is 11.3 Å². The van der Waals surface area contributed by atoms with Gasteiger partial charge in [-0.2, -0.15) is 0 Å². The van der Waals surface area contributed by atoms with Crippen molar-refractivity contribution in [1.82, 2.24) is 5.32 Å². The molecule has 1 unspecified atom stereocenters. The number of nitrogens with one attached hydrogen (secondary N) is 1. The van der Waals surface area contributed by atoms with Gasteiger partial charge < -0.3 is 10.1 Å². The van der Waals surface area contributed by atoms with Crippen molar-refractivity contribution in [1.29, 1.82) is 0 Å². The van der Waals surface area contributed by atoms with E-state index in [9.17, 15) is 4.79 Å². The zero-order chi connectivity index (χ0) is 11.6. The van der Waals surface area contributed by atoms with E-state index in [4.69, 9.17) is 4.74 Å². The third-order valence-electron chi connectivity index (χ3n) is 3.32. The third kappa shape index (κ3) is 2.21. The van der Waals surface area contributed by atoms with E-state index in [1.807, 2.05) is 0 Å². The highest BCUT2D eigenvalue weighted by Gasteiger charge is 2.37. The number of cyclic esters (lactones) is 1. The van der Waals surface area contributed by atoms with Gasteiger partial charge in [0.25, 0.3) is 0 Å². The van der Waals surface area contributed by atoms with Crippen LogP contribution in [-0.2, 0) is 11.2 Å². The number of thiophene rings is 1. The number of ether oxygens (including phenoxy) is 1. The van der Waals surface area contributed by atoms with Gasteiger partial charge in [0.2, 0.25) is 0 Å². The van der Waals surface area contributed by atoms with Crippen molar-refractivity contribution in [3.05, 3.63) is 21.9 Å². The van der Waals surface area contributed by atoms with E-state index in [1.165, 1.54) is 10.4 Å². The maximum atomic E-state index is 11.1. The summed E-state index contributed by atoms with van der Waals surface area (Å²) in [5.74, 6) is 0. The highest BCUT2D eigenvalue weighted by atomic mass is 32.1. The van der Waals surface area contributed by atoms with E-state index in [2.05, 4.69) is 30.6 Å². The van der Waals surface area contributed by atoms with Crippen LogP contribution in [0.15, 0.2) is 11.4 Å². The molecule has 1 N–H and O–H groups in total. The van der Waals surface area contributed by atoms with E-state index in [0.29, 0.717) is 6.61 Å². The summed E-state index contributed by atoms with van der Waals surface area (Å²) in [4.78, 5) is 12.5. The Kier molecular flexibility index (Phi) is 3.19. The van der Waals surface area contributed by atoms with Crippen LogP contribution in [-0.4, -0.2) is 18.2 Å². The Morgan fingerprint density at radius 2 is 2.44 bits per heavy atom. The van der Waals surface area contributed by atoms with Crippen LogP contribution in [0.2, 0.25) is 0 Å². The number of carbonyl (C=O) groups excluding carboxylic acids is 1. The maximum Gasteiger partial charge on any atom is 0.407 e. The number of alkyl carbamates (subject to hydrolysis) is 1. The molecule has 2 rings (SSSR count). The Balaban J connectivity index is 1.98. The topological polar surface area (TPSA) is 38.3 Å². The molecule has 1 saturated heterocycles. The molecule has 0 aliphatic carbocycles. The first-order valence-corrected chi connectivity index (χ1v) is 6.51. The minimum absolute atomic E-state index is 0.145. The third-order valence-corrected chi connectivity index (χ3v) is 4.41. The SMILES string of the molecule is CCC1(CCc2sccc2C)COC(=O)N1. The second-order valence-electron chi connectivity index (χ2n) is 4.36. The first-order valence-electron chi connectivity index (χ1n) is 5.63. The minimum Gasteiger partial charge on any atom is -0.447 e. The number of aryl methyl sites for hydroxylation is 2. The van der Waals surface area contributed by atoms with E-state index in [-0.39, 0.29) is 11.6 Å². The Morgan fingerprint density at radius 3 is 2.94 bits per heavy atom. The lowest BCUT2D eigenvalue weighted by Gasteiger charge is -2.24. The summed E-state index contributed by atoms with van der Waals surface area (Å²) in [6.45, 7) is 4.73. The molecule has 1 aliphatic heterocycles.